The lowest BCUT2D eigenvalue weighted by molar-refractivity contribution is -0.338. The van der Waals surface area contributed by atoms with E-state index in [2.05, 4.69) is 11.9 Å². The fraction of sp³-hybridized carbons (Fsp3) is 0.769. The van der Waals surface area contributed by atoms with Gasteiger partial charge >= 0.3 is 0 Å². The molecule has 1 heterocycles. The lowest BCUT2D eigenvalue weighted by Crippen LogP contribution is -2.59. The minimum Gasteiger partial charge on any atom is -0.394 e. The Bertz CT molecular complexity index is 377. The second-order valence-corrected chi connectivity index (χ2v) is 4.89. The van der Waals surface area contributed by atoms with Gasteiger partial charge in [0, 0.05) is 0 Å². The Balaban J connectivity index is 2.53. The van der Waals surface area contributed by atoms with Crippen molar-refractivity contribution in [1.82, 2.24) is 5.32 Å². The molecule has 1 aliphatic rings. The van der Waals surface area contributed by atoms with Gasteiger partial charge in [0.25, 0.3) is 0 Å². The first-order valence-corrected chi connectivity index (χ1v) is 6.84. The minimum atomic E-state index is -1.53. The van der Waals surface area contributed by atoms with Crippen molar-refractivity contribution in [3.05, 3.63) is 12.7 Å². The van der Waals surface area contributed by atoms with Crippen LogP contribution >= 0.6 is 0 Å². The van der Waals surface area contributed by atoms with Crippen LogP contribution in [0.2, 0.25) is 0 Å². The molecule has 9 heteroatoms. The Hall–Kier alpha value is -1.07. The molecule has 0 radical (unpaired) electrons. The maximum absolute atomic E-state index is 11.1. The van der Waals surface area contributed by atoms with Gasteiger partial charge in [0.2, 0.25) is 5.91 Å². The summed E-state index contributed by atoms with van der Waals surface area (Å²) in [6, 6.07) is 0. The number of aliphatic hydroxyl groups excluding tert-OH is 4. The second-order valence-electron chi connectivity index (χ2n) is 4.89. The summed E-state index contributed by atoms with van der Waals surface area (Å²) in [4.78, 5) is 11.1. The molecule has 1 aliphatic heterocycles. The summed E-state index contributed by atoms with van der Waals surface area (Å²) in [6.45, 7) is 5.81. The first-order chi connectivity index (χ1) is 10.3. The van der Waals surface area contributed by atoms with Crippen molar-refractivity contribution in [3.63, 3.8) is 0 Å². The summed E-state index contributed by atoms with van der Waals surface area (Å²) < 4.78 is 15.8. The topological polar surface area (TPSA) is 138 Å². The van der Waals surface area contributed by atoms with Crippen LogP contribution in [0.3, 0.4) is 0 Å². The van der Waals surface area contributed by atoms with Gasteiger partial charge in [0.1, 0.15) is 30.6 Å². The zero-order valence-electron chi connectivity index (χ0n) is 12.5. The molecule has 0 aromatic rings. The summed E-state index contributed by atoms with van der Waals surface area (Å²) in [7, 11) is 0. The molecule has 1 saturated heterocycles. The number of hydrogen-bond acceptors (Lipinski definition) is 8. The summed E-state index contributed by atoms with van der Waals surface area (Å²) in [6.07, 6.45) is -7.36. The lowest BCUT2D eigenvalue weighted by atomic mass is 9.99. The van der Waals surface area contributed by atoms with E-state index in [0.717, 1.165) is 6.08 Å². The number of aliphatic hydroxyl groups is 4. The van der Waals surface area contributed by atoms with Gasteiger partial charge in [-0.3, -0.25) is 4.79 Å². The lowest BCUT2D eigenvalue weighted by Gasteiger charge is -2.40. The third kappa shape index (κ3) is 4.99. The van der Waals surface area contributed by atoms with Crippen molar-refractivity contribution in [1.29, 1.82) is 0 Å². The summed E-state index contributed by atoms with van der Waals surface area (Å²) in [5, 5.41) is 40.6. The monoisotopic (exact) mass is 321 g/mol. The summed E-state index contributed by atoms with van der Waals surface area (Å²) in [5.41, 5.74) is 0. The molecule has 0 saturated carbocycles. The van der Waals surface area contributed by atoms with Crippen molar-refractivity contribution < 1.29 is 39.4 Å². The highest BCUT2D eigenvalue weighted by Crippen LogP contribution is 2.23. The molecule has 7 atom stereocenters. The van der Waals surface area contributed by atoms with Crippen LogP contribution < -0.4 is 5.32 Å². The van der Waals surface area contributed by atoms with Crippen LogP contribution in [0.25, 0.3) is 0 Å². The van der Waals surface area contributed by atoms with Gasteiger partial charge in [-0.1, -0.05) is 6.58 Å². The highest BCUT2D eigenvalue weighted by Gasteiger charge is 2.44. The Kier molecular flexibility index (Phi) is 7.36. The number of nitrogens with one attached hydrogen (secondary N) is 1. The Morgan fingerprint density at radius 2 is 1.95 bits per heavy atom. The molecule has 1 fully saturated rings. The molecular formula is C13H23NO8. The molecule has 22 heavy (non-hydrogen) atoms. The van der Waals surface area contributed by atoms with E-state index in [4.69, 9.17) is 19.3 Å². The predicted octanol–water partition coefficient (Wildman–Crippen LogP) is -2.19. The van der Waals surface area contributed by atoms with E-state index in [1.807, 2.05) is 0 Å². The van der Waals surface area contributed by atoms with Crippen LogP contribution in [0, 0.1) is 0 Å². The Morgan fingerprint density at radius 1 is 1.32 bits per heavy atom. The first kappa shape index (κ1) is 19.0. The van der Waals surface area contributed by atoms with Crippen molar-refractivity contribution in [2.24, 2.45) is 0 Å². The molecule has 0 aromatic carbocycles. The van der Waals surface area contributed by atoms with Gasteiger partial charge in [0.15, 0.2) is 12.6 Å². The normalized spacial score (nSPS) is 34.7. The number of carbonyl (C=O) groups excluding carboxylic acids is 1. The summed E-state index contributed by atoms with van der Waals surface area (Å²) >= 11 is 0. The maximum Gasteiger partial charge on any atom is 0.245 e. The highest BCUT2D eigenvalue weighted by molar-refractivity contribution is 5.86. The fourth-order valence-corrected chi connectivity index (χ4v) is 1.98. The Morgan fingerprint density at radius 3 is 2.50 bits per heavy atom. The van der Waals surface area contributed by atoms with Gasteiger partial charge in [-0.25, -0.2) is 0 Å². The SMILES string of the molecule is C=CC(=O)NC(C)OC(C)OC1O[C@H](CO)[C@@H](O)[C@H](O)[C@H]1O. The van der Waals surface area contributed by atoms with Crippen LogP contribution in [-0.2, 0) is 19.0 Å². The van der Waals surface area contributed by atoms with Crippen LogP contribution in [0.15, 0.2) is 12.7 Å². The van der Waals surface area contributed by atoms with Crippen molar-refractivity contribution in [2.75, 3.05) is 6.61 Å². The molecule has 128 valence electrons. The van der Waals surface area contributed by atoms with Crippen molar-refractivity contribution in [3.8, 4) is 0 Å². The zero-order valence-corrected chi connectivity index (χ0v) is 12.5. The Labute approximate surface area is 128 Å². The molecule has 3 unspecified atom stereocenters. The average molecular weight is 321 g/mol. The van der Waals surface area contributed by atoms with E-state index >= 15 is 0 Å². The number of amides is 1. The van der Waals surface area contributed by atoms with Gasteiger partial charge in [-0.15, -0.1) is 0 Å². The van der Waals surface area contributed by atoms with E-state index in [-0.39, 0.29) is 0 Å². The van der Waals surface area contributed by atoms with Gasteiger partial charge in [-0.2, -0.15) is 0 Å². The largest absolute Gasteiger partial charge is 0.394 e. The molecule has 0 aromatic heterocycles. The number of hydrogen-bond donors (Lipinski definition) is 5. The van der Waals surface area contributed by atoms with Gasteiger partial charge in [-0.05, 0) is 19.9 Å². The van der Waals surface area contributed by atoms with Crippen LogP contribution in [0.4, 0.5) is 0 Å². The zero-order chi connectivity index (χ0) is 16.9. The molecule has 9 nitrogen and oxygen atoms in total. The molecule has 0 aliphatic carbocycles. The summed E-state index contributed by atoms with van der Waals surface area (Å²) in [5.74, 6) is -0.424. The number of carbonyl (C=O) groups is 1. The van der Waals surface area contributed by atoms with Crippen LogP contribution in [0.5, 0.6) is 0 Å². The highest BCUT2D eigenvalue weighted by atomic mass is 16.8. The second kappa shape index (κ2) is 8.53. The first-order valence-electron chi connectivity index (χ1n) is 6.84. The third-order valence-corrected chi connectivity index (χ3v) is 3.10. The molecule has 0 bridgehead atoms. The fourth-order valence-electron chi connectivity index (χ4n) is 1.98. The molecule has 1 rings (SSSR count). The van der Waals surface area contributed by atoms with E-state index < -0.39 is 55.7 Å². The van der Waals surface area contributed by atoms with E-state index in [0.29, 0.717) is 0 Å². The van der Waals surface area contributed by atoms with E-state index in [1.54, 1.807) is 6.92 Å². The quantitative estimate of drug-likeness (QED) is 0.263. The van der Waals surface area contributed by atoms with Crippen LogP contribution in [-0.4, -0.2) is 76.2 Å². The maximum atomic E-state index is 11.1. The van der Waals surface area contributed by atoms with Crippen molar-refractivity contribution >= 4 is 5.91 Å². The predicted molar refractivity (Wildman–Crippen MR) is 73.2 cm³/mol. The van der Waals surface area contributed by atoms with Crippen molar-refractivity contribution in [2.45, 2.75) is 57.1 Å². The molecule has 1 amide bonds. The standard InChI is InChI=1S/C13H23NO8/c1-4-9(16)14-6(2)20-7(3)21-13-12(19)11(18)10(17)8(5-15)22-13/h4,6-8,10-13,15,17-19H,1,5H2,2-3H3,(H,14,16)/t6?,7?,8-,10-,11+,12-,13?/m1/s1. The van der Waals surface area contributed by atoms with Gasteiger partial charge < -0.3 is 40.0 Å². The average Bonchev–Trinajstić information content (AvgIpc) is 2.47. The number of rotatable bonds is 7. The minimum absolute atomic E-state index is 0.424. The molecule has 0 spiro atoms. The van der Waals surface area contributed by atoms with Crippen LogP contribution in [0.1, 0.15) is 13.8 Å². The molecular weight excluding hydrogens is 298 g/mol. The third-order valence-electron chi connectivity index (χ3n) is 3.10. The van der Waals surface area contributed by atoms with E-state index in [1.165, 1.54) is 6.92 Å². The van der Waals surface area contributed by atoms with Gasteiger partial charge in [0.05, 0.1) is 6.61 Å². The molecule has 5 N–H and O–H groups in total. The number of ether oxygens (including phenoxy) is 3. The smallest absolute Gasteiger partial charge is 0.245 e. The van der Waals surface area contributed by atoms with E-state index in [9.17, 15) is 20.1 Å².